The summed E-state index contributed by atoms with van der Waals surface area (Å²) in [7, 11) is 4.05. The van der Waals surface area contributed by atoms with E-state index in [4.69, 9.17) is 4.74 Å². The van der Waals surface area contributed by atoms with Crippen LogP contribution in [0.4, 0.5) is 5.69 Å². The van der Waals surface area contributed by atoms with Crippen molar-refractivity contribution in [1.82, 2.24) is 4.57 Å². The quantitative estimate of drug-likeness (QED) is 0.785. The third-order valence-electron chi connectivity index (χ3n) is 2.62. The van der Waals surface area contributed by atoms with E-state index < -0.39 is 0 Å². The van der Waals surface area contributed by atoms with Crippen molar-refractivity contribution < 1.29 is 4.74 Å². The Morgan fingerprint density at radius 2 is 1.88 bits per heavy atom. The lowest BCUT2D eigenvalue weighted by atomic mass is 10.3. The molecule has 0 atom stereocenters. The van der Waals surface area contributed by atoms with Crippen LogP contribution in [-0.4, -0.2) is 25.3 Å². The molecule has 3 heteroatoms. The first-order valence-corrected chi connectivity index (χ1v) is 5.76. The molecule has 0 saturated carbocycles. The van der Waals surface area contributed by atoms with E-state index in [1.54, 1.807) is 0 Å². The van der Waals surface area contributed by atoms with Crippen LogP contribution >= 0.6 is 0 Å². The molecule has 0 fully saturated rings. The molecule has 0 unspecified atom stereocenters. The van der Waals surface area contributed by atoms with Gasteiger partial charge in [-0.1, -0.05) is 6.07 Å². The zero-order valence-electron chi connectivity index (χ0n) is 10.3. The number of rotatable bonds is 5. The average Bonchev–Trinajstić information content (AvgIpc) is 2.82. The zero-order chi connectivity index (χ0) is 12.1. The van der Waals surface area contributed by atoms with Gasteiger partial charge in [-0.3, -0.25) is 0 Å². The predicted molar refractivity (Wildman–Crippen MR) is 70.7 cm³/mol. The number of benzene rings is 1. The fourth-order valence-corrected chi connectivity index (χ4v) is 1.64. The van der Waals surface area contributed by atoms with Crippen molar-refractivity contribution >= 4 is 5.69 Å². The van der Waals surface area contributed by atoms with Crippen molar-refractivity contribution in [2.45, 2.75) is 6.54 Å². The molecule has 2 rings (SSSR count). The molecular formula is C14H18N2O. The molecule has 0 N–H and O–H groups in total. The first kappa shape index (κ1) is 11.6. The van der Waals surface area contributed by atoms with Crippen molar-refractivity contribution in [3.05, 3.63) is 48.8 Å². The van der Waals surface area contributed by atoms with Gasteiger partial charge in [0.05, 0.1) is 6.54 Å². The van der Waals surface area contributed by atoms with Gasteiger partial charge in [0.2, 0.25) is 0 Å². The van der Waals surface area contributed by atoms with Crippen molar-refractivity contribution in [3.8, 4) is 5.75 Å². The van der Waals surface area contributed by atoms with Gasteiger partial charge in [0.1, 0.15) is 12.4 Å². The Hall–Kier alpha value is -1.90. The lowest BCUT2D eigenvalue weighted by Gasteiger charge is -2.14. The summed E-state index contributed by atoms with van der Waals surface area (Å²) in [5.41, 5.74) is 1.16. The third kappa shape index (κ3) is 3.28. The Morgan fingerprint density at radius 3 is 2.59 bits per heavy atom. The Bertz CT molecular complexity index is 449. The topological polar surface area (TPSA) is 17.4 Å². The van der Waals surface area contributed by atoms with Crippen molar-refractivity contribution in [3.63, 3.8) is 0 Å². The van der Waals surface area contributed by atoms with E-state index in [1.165, 1.54) is 0 Å². The van der Waals surface area contributed by atoms with E-state index in [-0.39, 0.29) is 0 Å². The number of anilines is 1. The maximum absolute atomic E-state index is 5.72. The van der Waals surface area contributed by atoms with Gasteiger partial charge in [0.25, 0.3) is 0 Å². The third-order valence-corrected chi connectivity index (χ3v) is 2.62. The van der Waals surface area contributed by atoms with Crippen LogP contribution in [0.15, 0.2) is 48.8 Å². The van der Waals surface area contributed by atoms with Gasteiger partial charge in [-0.2, -0.15) is 0 Å². The molecule has 0 aliphatic heterocycles. The summed E-state index contributed by atoms with van der Waals surface area (Å²) < 4.78 is 7.83. The second kappa shape index (κ2) is 5.43. The maximum Gasteiger partial charge on any atom is 0.121 e. The highest BCUT2D eigenvalue weighted by Crippen LogP contribution is 2.19. The number of ether oxygens (including phenoxy) is 1. The first-order valence-electron chi connectivity index (χ1n) is 5.76. The van der Waals surface area contributed by atoms with Gasteiger partial charge in [-0.15, -0.1) is 0 Å². The standard InChI is InChI=1S/C14H18N2O/c1-15(2)13-6-5-7-14(12-13)17-11-10-16-8-3-4-9-16/h3-9,12H,10-11H2,1-2H3. The summed E-state index contributed by atoms with van der Waals surface area (Å²) in [5, 5.41) is 0. The molecule has 3 nitrogen and oxygen atoms in total. The monoisotopic (exact) mass is 230 g/mol. The van der Waals surface area contributed by atoms with Gasteiger partial charge < -0.3 is 14.2 Å². The lowest BCUT2D eigenvalue weighted by molar-refractivity contribution is 0.298. The molecule has 0 bridgehead atoms. The molecule has 0 aliphatic carbocycles. The van der Waals surface area contributed by atoms with Crippen molar-refractivity contribution in [2.75, 3.05) is 25.6 Å². The number of hydrogen-bond donors (Lipinski definition) is 0. The Labute approximate surface area is 102 Å². The van der Waals surface area contributed by atoms with Gasteiger partial charge in [0.15, 0.2) is 0 Å². The molecule has 2 aromatic rings. The van der Waals surface area contributed by atoms with E-state index in [2.05, 4.69) is 21.6 Å². The van der Waals surface area contributed by atoms with E-state index in [1.807, 2.05) is 50.8 Å². The van der Waals surface area contributed by atoms with Crippen molar-refractivity contribution in [1.29, 1.82) is 0 Å². The zero-order valence-corrected chi connectivity index (χ0v) is 10.3. The molecule has 0 radical (unpaired) electrons. The normalized spacial score (nSPS) is 10.2. The summed E-state index contributed by atoms with van der Waals surface area (Å²) in [6.45, 7) is 1.56. The number of aromatic nitrogens is 1. The average molecular weight is 230 g/mol. The molecule has 1 aromatic heterocycles. The number of hydrogen-bond acceptors (Lipinski definition) is 2. The maximum atomic E-state index is 5.72. The molecule has 17 heavy (non-hydrogen) atoms. The molecular weight excluding hydrogens is 212 g/mol. The molecule has 1 heterocycles. The Morgan fingerprint density at radius 1 is 1.12 bits per heavy atom. The van der Waals surface area contributed by atoms with Crippen LogP contribution < -0.4 is 9.64 Å². The fraction of sp³-hybridized carbons (Fsp3) is 0.286. The van der Waals surface area contributed by atoms with E-state index in [9.17, 15) is 0 Å². The minimum Gasteiger partial charge on any atom is -0.492 e. The van der Waals surface area contributed by atoms with Crippen LogP contribution in [0.1, 0.15) is 0 Å². The first-order chi connectivity index (χ1) is 8.25. The lowest BCUT2D eigenvalue weighted by Crippen LogP contribution is -2.09. The van der Waals surface area contributed by atoms with Crippen LogP contribution in [0.5, 0.6) is 5.75 Å². The second-order valence-electron chi connectivity index (χ2n) is 4.16. The van der Waals surface area contributed by atoms with Crippen LogP contribution in [0, 0.1) is 0 Å². The van der Waals surface area contributed by atoms with Crippen LogP contribution in [0.3, 0.4) is 0 Å². The smallest absolute Gasteiger partial charge is 0.121 e. The summed E-state index contributed by atoms with van der Waals surface area (Å²) >= 11 is 0. The highest BCUT2D eigenvalue weighted by atomic mass is 16.5. The van der Waals surface area contributed by atoms with Crippen LogP contribution in [0.2, 0.25) is 0 Å². The van der Waals surface area contributed by atoms with Gasteiger partial charge >= 0.3 is 0 Å². The summed E-state index contributed by atoms with van der Waals surface area (Å²) in [6, 6.07) is 12.2. The van der Waals surface area contributed by atoms with E-state index >= 15 is 0 Å². The molecule has 0 saturated heterocycles. The van der Waals surface area contributed by atoms with Gasteiger partial charge in [-0.05, 0) is 24.3 Å². The fourth-order valence-electron chi connectivity index (χ4n) is 1.64. The van der Waals surface area contributed by atoms with E-state index in [0.717, 1.165) is 18.0 Å². The SMILES string of the molecule is CN(C)c1cccc(OCCn2cccc2)c1. The largest absolute Gasteiger partial charge is 0.492 e. The van der Waals surface area contributed by atoms with Crippen LogP contribution in [-0.2, 0) is 6.54 Å². The minimum atomic E-state index is 0.686. The van der Waals surface area contributed by atoms with Crippen LogP contribution in [0.25, 0.3) is 0 Å². The Kier molecular flexibility index (Phi) is 3.70. The predicted octanol–water partition coefficient (Wildman–Crippen LogP) is 2.63. The summed E-state index contributed by atoms with van der Waals surface area (Å²) in [5.74, 6) is 0.920. The molecule has 0 amide bonds. The van der Waals surface area contributed by atoms with Gasteiger partial charge in [0, 0.05) is 38.2 Å². The Balaban J connectivity index is 1.88. The molecule has 0 aliphatic rings. The highest BCUT2D eigenvalue weighted by Gasteiger charge is 1.98. The molecule has 90 valence electrons. The number of nitrogens with zero attached hydrogens (tertiary/aromatic N) is 2. The second-order valence-corrected chi connectivity index (χ2v) is 4.16. The summed E-state index contributed by atoms with van der Waals surface area (Å²) in [4.78, 5) is 2.07. The van der Waals surface area contributed by atoms with E-state index in [0.29, 0.717) is 6.61 Å². The van der Waals surface area contributed by atoms with Crippen molar-refractivity contribution in [2.24, 2.45) is 0 Å². The molecule has 1 aromatic carbocycles. The molecule has 0 spiro atoms. The summed E-state index contributed by atoms with van der Waals surface area (Å²) in [6.07, 6.45) is 4.08. The highest BCUT2D eigenvalue weighted by molar-refractivity contribution is 5.49. The minimum absolute atomic E-state index is 0.686. The van der Waals surface area contributed by atoms with Gasteiger partial charge in [-0.25, -0.2) is 0 Å².